The molecule has 0 aromatic heterocycles. The summed E-state index contributed by atoms with van der Waals surface area (Å²) in [5.74, 6) is 0.671. The van der Waals surface area contributed by atoms with Crippen molar-refractivity contribution in [1.82, 2.24) is 0 Å². The Kier molecular flexibility index (Phi) is 3.75. The maximum absolute atomic E-state index is 2.27. The third-order valence-corrected chi connectivity index (χ3v) is 2.45. The van der Waals surface area contributed by atoms with Gasteiger partial charge in [0.05, 0.1) is 0 Å². The molecule has 1 aromatic carbocycles. The van der Waals surface area contributed by atoms with Gasteiger partial charge in [-0.25, -0.2) is 0 Å². The van der Waals surface area contributed by atoms with E-state index in [2.05, 4.69) is 57.2 Å². The van der Waals surface area contributed by atoms with E-state index in [0.29, 0.717) is 5.92 Å². The van der Waals surface area contributed by atoms with Gasteiger partial charge < -0.3 is 0 Å². The number of benzene rings is 1. The SMILES string of the molecule is CC=Cc1cccc(C(C)CC)c1. The highest BCUT2D eigenvalue weighted by Gasteiger charge is 2.01. The van der Waals surface area contributed by atoms with Crippen molar-refractivity contribution >= 4 is 6.08 Å². The molecule has 1 aromatic rings. The van der Waals surface area contributed by atoms with Gasteiger partial charge in [0.25, 0.3) is 0 Å². The van der Waals surface area contributed by atoms with E-state index in [1.165, 1.54) is 17.5 Å². The van der Waals surface area contributed by atoms with Crippen LogP contribution in [0.1, 0.15) is 44.2 Å². The molecule has 1 rings (SSSR count). The zero-order valence-electron chi connectivity index (χ0n) is 8.75. The molecule has 1 unspecified atom stereocenters. The first-order valence-electron chi connectivity index (χ1n) is 5.00. The summed E-state index contributed by atoms with van der Waals surface area (Å²) >= 11 is 0. The molecule has 1 atom stereocenters. The Morgan fingerprint density at radius 1 is 1.38 bits per heavy atom. The Bertz CT molecular complexity index is 284. The van der Waals surface area contributed by atoms with Gasteiger partial charge in [0.2, 0.25) is 0 Å². The lowest BCUT2D eigenvalue weighted by atomic mass is 9.97. The second kappa shape index (κ2) is 4.86. The third kappa shape index (κ3) is 2.73. The number of allylic oxidation sites excluding steroid dienone is 1. The van der Waals surface area contributed by atoms with E-state index in [-0.39, 0.29) is 0 Å². The van der Waals surface area contributed by atoms with Gasteiger partial charge in [-0.3, -0.25) is 0 Å². The number of hydrogen-bond donors (Lipinski definition) is 0. The first-order valence-corrected chi connectivity index (χ1v) is 5.00. The van der Waals surface area contributed by atoms with E-state index in [1.54, 1.807) is 0 Å². The minimum Gasteiger partial charge on any atom is -0.0871 e. The first kappa shape index (κ1) is 10.0. The van der Waals surface area contributed by atoms with Crippen molar-refractivity contribution in [3.63, 3.8) is 0 Å². The molecular weight excluding hydrogens is 156 g/mol. The molecule has 0 saturated carbocycles. The van der Waals surface area contributed by atoms with Crippen molar-refractivity contribution in [1.29, 1.82) is 0 Å². The Balaban J connectivity index is 2.91. The standard InChI is InChI=1S/C13H18/c1-4-7-12-8-6-9-13(10-12)11(3)5-2/h4,6-11H,5H2,1-3H3. The molecule has 13 heavy (non-hydrogen) atoms. The number of hydrogen-bond acceptors (Lipinski definition) is 0. The van der Waals surface area contributed by atoms with Crippen molar-refractivity contribution < 1.29 is 0 Å². The zero-order chi connectivity index (χ0) is 9.68. The van der Waals surface area contributed by atoms with Crippen LogP contribution in [-0.2, 0) is 0 Å². The zero-order valence-corrected chi connectivity index (χ0v) is 8.75. The molecule has 0 bridgehead atoms. The van der Waals surface area contributed by atoms with Crippen LogP contribution in [0, 0.1) is 0 Å². The van der Waals surface area contributed by atoms with Gasteiger partial charge in [-0.1, -0.05) is 50.3 Å². The second-order valence-electron chi connectivity index (χ2n) is 3.48. The van der Waals surface area contributed by atoms with Crippen molar-refractivity contribution in [2.45, 2.75) is 33.1 Å². The molecule has 0 N–H and O–H groups in total. The van der Waals surface area contributed by atoms with E-state index in [4.69, 9.17) is 0 Å². The average molecular weight is 174 g/mol. The fourth-order valence-electron chi connectivity index (χ4n) is 1.40. The second-order valence-corrected chi connectivity index (χ2v) is 3.48. The lowest BCUT2D eigenvalue weighted by Gasteiger charge is -2.08. The molecule has 0 amide bonds. The van der Waals surface area contributed by atoms with Crippen molar-refractivity contribution in [3.05, 3.63) is 41.5 Å². The Morgan fingerprint density at radius 2 is 2.15 bits per heavy atom. The smallest absolute Gasteiger partial charge is 0.0193 e. The molecule has 0 aliphatic rings. The fraction of sp³-hybridized carbons (Fsp3) is 0.385. The highest BCUT2D eigenvalue weighted by atomic mass is 14.1. The highest BCUT2D eigenvalue weighted by molar-refractivity contribution is 5.50. The topological polar surface area (TPSA) is 0 Å². The molecule has 0 nitrogen and oxygen atoms in total. The summed E-state index contributed by atoms with van der Waals surface area (Å²) in [4.78, 5) is 0. The van der Waals surface area contributed by atoms with Crippen LogP contribution in [0.4, 0.5) is 0 Å². The van der Waals surface area contributed by atoms with Gasteiger partial charge in [-0.15, -0.1) is 0 Å². The molecule has 70 valence electrons. The number of rotatable bonds is 3. The van der Waals surface area contributed by atoms with Gasteiger partial charge in [0.1, 0.15) is 0 Å². The van der Waals surface area contributed by atoms with Crippen LogP contribution in [0.25, 0.3) is 6.08 Å². The maximum Gasteiger partial charge on any atom is -0.0193 e. The average Bonchev–Trinajstić information content (AvgIpc) is 2.18. The van der Waals surface area contributed by atoms with Gasteiger partial charge >= 0.3 is 0 Å². The van der Waals surface area contributed by atoms with Gasteiger partial charge in [-0.2, -0.15) is 0 Å². The molecular formula is C13H18. The van der Waals surface area contributed by atoms with E-state index >= 15 is 0 Å². The van der Waals surface area contributed by atoms with Crippen LogP contribution < -0.4 is 0 Å². The molecule has 0 fully saturated rings. The summed E-state index contributed by atoms with van der Waals surface area (Å²) < 4.78 is 0. The predicted octanol–water partition coefficient (Wildman–Crippen LogP) is 4.23. The Hall–Kier alpha value is -1.04. The highest BCUT2D eigenvalue weighted by Crippen LogP contribution is 2.19. The van der Waals surface area contributed by atoms with E-state index in [1.807, 2.05) is 0 Å². The summed E-state index contributed by atoms with van der Waals surface area (Å²) in [7, 11) is 0. The summed E-state index contributed by atoms with van der Waals surface area (Å²) in [5, 5.41) is 0. The molecule has 0 spiro atoms. The van der Waals surface area contributed by atoms with Crippen LogP contribution in [-0.4, -0.2) is 0 Å². The fourth-order valence-corrected chi connectivity index (χ4v) is 1.40. The summed E-state index contributed by atoms with van der Waals surface area (Å²) in [6, 6.07) is 8.76. The van der Waals surface area contributed by atoms with Crippen LogP contribution in [0.5, 0.6) is 0 Å². The minimum atomic E-state index is 0.671. The summed E-state index contributed by atoms with van der Waals surface area (Å²) in [6.45, 7) is 6.55. The largest absolute Gasteiger partial charge is 0.0871 e. The van der Waals surface area contributed by atoms with E-state index < -0.39 is 0 Å². The molecule has 0 aliphatic heterocycles. The third-order valence-electron chi connectivity index (χ3n) is 2.45. The van der Waals surface area contributed by atoms with Gasteiger partial charge in [0, 0.05) is 0 Å². The van der Waals surface area contributed by atoms with Crippen molar-refractivity contribution in [3.8, 4) is 0 Å². The first-order chi connectivity index (χ1) is 6.27. The monoisotopic (exact) mass is 174 g/mol. The van der Waals surface area contributed by atoms with E-state index in [0.717, 1.165) is 0 Å². The lowest BCUT2D eigenvalue weighted by molar-refractivity contribution is 0.733. The molecule has 0 aliphatic carbocycles. The summed E-state index contributed by atoms with van der Waals surface area (Å²) in [5.41, 5.74) is 2.75. The van der Waals surface area contributed by atoms with Gasteiger partial charge in [0.15, 0.2) is 0 Å². The van der Waals surface area contributed by atoms with Crippen LogP contribution in [0.3, 0.4) is 0 Å². The van der Waals surface area contributed by atoms with Crippen molar-refractivity contribution in [2.75, 3.05) is 0 Å². The maximum atomic E-state index is 2.27. The quantitative estimate of drug-likeness (QED) is 0.643. The van der Waals surface area contributed by atoms with Crippen LogP contribution >= 0.6 is 0 Å². The summed E-state index contributed by atoms with van der Waals surface area (Å²) in [6.07, 6.45) is 5.43. The van der Waals surface area contributed by atoms with Crippen LogP contribution in [0.15, 0.2) is 30.3 Å². The van der Waals surface area contributed by atoms with Gasteiger partial charge in [-0.05, 0) is 30.4 Å². The Labute approximate surface area is 81.3 Å². The predicted molar refractivity (Wildman–Crippen MR) is 59.9 cm³/mol. The van der Waals surface area contributed by atoms with Crippen molar-refractivity contribution in [2.24, 2.45) is 0 Å². The molecule has 0 heterocycles. The van der Waals surface area contributed by atoms with E-state index in [9.17, 15) is 0 Å². The van der Waals surface area contributed by atoms with Crippen LogP contribution in [0.2, 0.25) is 0 Å². The Morgan fingerprint density at radius 3 is 2.77 bits per heavy atom. The molecule has 0 saturated heterocycles. The lowest BCUT2D eigenvalue weighted by Crippen LogP contribution is -1.90. The minimum absolute atomic E-state index is 0.671. The molecule has 0 radical (unpaired) electrons. The normalized spacial score (nSPS) is 13.5. The molecule has 0 heteroatoms.